The number of rotatable bonds is 5. The Kier molecular flexibility index (Phi) is 8.50. The van der Waals surface area contributed by atoms with Crippen LogP contribution in [0.3, 0.4) is 0 Å². The van der Waals surface area contributed by atoms with Gasteiger partial charge < -0.3 is 11.1 Å². The molecule has 1 unspecified atom stereocenters. The van der Waals surface area contributed by atoms with E-state index in [0.717, 1.165) is 22.2 Å². The van der Waals surface area contributed by atoms with Gasteiger partial charge in [-0.05, 0) is 43.5 Å². The number of nitrogens with two attached hydrogens (primary N) is 1. The van der Waals surface area contributed by atoms with Gasteiger partial charge in [0.15, 0.2) is 0 Å². The van der Waals surface area contributed by atoms with E-state index in [1.54, 1.807) is 29.5 Å². The number of anilines is 1. The first-order chi connectivity index (χ1) is 11.5. The highest BCUT2D eigenvalue weighted by Crippen LogP contribution is 2.35. The SMILES string of the molecule is Cc1c(CC(C)N)sc2c(NCc3ccccc3F)nc(Cl)nc12.Cl.Cl. The zero-order chi connectivity index (χ0) is 17.3. The highest BCUT2D eigenvalue weighted by Gasteiger charge is 2.16. The summed E-state index contributed by atoms with van der Waals surface area (Å²) < 4.78 is 14.7. The van der Waals surface area contributed by atoms with Crippen LogP contribution in [0.4, 0.5) is 10.2 Å². The molecule has 142 valence electrons. The number of aryl methyl sites for hydroxylation is 1. The molecule has 0 saturated heterocycles. The maximum atomic E-state index is 13.8. The van der Waals surface area contributed by atoms with Gasteiger partial charge in [-0.2, -0.15) is 4.98 Å². The minimum absolute atomic E-state index is 0. The normalized spacial score (nSPS) is 11.6. The lowest BCUT2D eigenvalue weighted by Crippen LogP contribution is -2.17. The molecule has 0 fully saturated rings. The van der Waals surface area contributed by atoms with E-state index >= 15 is 0 Å². The molecule has 0 bridgehead atoms. The molecular weight excluding hydrogens is 418 g/mol. The maximum Gasteiger partial charge on any atom is 0.224 e. The van der Waals surface area contributed by atoms with E-state index < -0.39 is 0 Å². The lowest BCUT2D eigenvalue weighted by Gasteiger charge is -2.08. The van der Waals surface area contributed by atoms with Crippen LogP contribution in [0.2, 0.25) is 5.28 Å². The summed E-state index contributed by atoms with van der Waals surface area (Å²) in [6.07, 6.45) is 0.775. The number of hydrogen-bond acceptors (Lipinski definition) is 5. The van der Waals surface area contributed by atoms with Crippen molar-refractivity contribution in [1.29, 1.82) is 0 Å². The zero-order valence-corrected chi connectivity index (χ0v) is 17.5. The lowest BCUT2D eigenvalue weighted by atomic mass is 10.1. The molecule has 3 N–H and O–H groups in total. The molecule has 3 aromatic rings. The molecule has 0 spiro atoms. The smallest absolute Gasteiger partial charge is 0.224 e. The predicted molar refractivity (Wildman–Crippen MR) is 113 cm³/mol. The first-order valence-corrected chi connectivity index (χ1v) is 8.83. The van der Waals surface area contributed by atoms with Crippen LogP contribution < -0.4 is 11.1 Å². The second-order valence-electron chi connectivity index (χ2n) is 5.80. The van der Waals surface area contributed by atoms with Gasteiger partial charge in [-0.25, -0.2) is 9.37 Å². The average molecular weight is 438 g/mol. The molecule has 4 nitrogen and oxygen atoms in total. The Morgan fingerprint density at radius 3 is 2.62 bits per heavy atom. The number of halogens is 4. The van der Waals surface area contributed by atoms with E-state index in [9.17, 15) is 4.39 Å². The summed E-state index contributed by atoms with van der Waals surface area (Å²) >= 11 is 7.67. The molecule has 0 saturated carbocycles. The van der Waals surface area contributed by atoms with E-state index in [1.807, 2.05) is 13.8 Å². The van der Waals surface area contributed by atoms with Gasteiger partial charge in [-0.3, -0.25) is 0 Å². The Labute approximate surface area is 173 Å². The predicted octanol–water partition coefficient (Wildman–Crippen LogP) is 5.14. The summed E-state index contributed by atoms with van der Waals surface area (Å²) in [5.74, 6) is 0.374. The van der Waals surface area contributed by atoms with Crippen molar-refractivity contribution in [2.24, 2.45) is 5.73 Å². The Bertz CT molecular complexity index is 886. The van der Waals surface area contributed by atoms with Crippen molar-refractivity contribution in [3.8, 4) is 0 Å². The molecule has 0 aliphatic rings. The third kappa shape index (κ3) is 4.96. The fraction of sp³-hybridized carbons (Fsp3) is 0.294. The number of nitrogens with zero attached hydrogens (tertiary/aromatic N) is 2. The maximum absolute atomic E-state index is 13.8. The summed E-state index contributed by atoms with van der Waals surface area (Å²) in [7, 11) is 0. The Balaban J connectivity index is 0.00000169. The third-order valence-corrected chi connectivity index (χ3v) is 5.23. The van der Waals surface area contributed by atoms with Crippen molar-refractivity contribution >= 4 is 63.8 Å². The number of fused-ring (bicyclic) bond motifs is 1. The quantitative estimate of drug-likeness (QED) is 0.543. The van der Waals surface area contributed by atoms with Crippen molar-refractivity contribution in [2.45, 2.75) is 32.9 Å². The first-order valence-electron chi connectivity index (χ1n) is 7.64. The molecule has 0 amide bonds. The Morgan fingerprint density at radius 2 is 1.96 bits per heavy atom. The first kappa shape index (κ1) is 22.9. The van der Waals surface area contributed by atoms with Crippen molar-refractivity contribution in [2.75, 3.05) is 5.32 Å². The molecule has 1 aromatic carbocycles. The van der Waals surface area contributed by atoms with Gasteiger partial charge in [0.1, 0.15) is 11.6 Å². The van der Waals surface area contributed by atoms with Gasteiger partial charge in [0, 0.05) is 23.0 Å². The number of nitrogens with one attached hydrogen (secondary N) is 1. The Hall–Kier alpha value is -1.18. The molecule has 2 heterocycles. The van der Waals surface area contributed by atoms with Crippen LogP contribution in [0, 0.1) is 12.7 Å². The molecule has 2 aromatic heterocycles. The highest BCUT2D eigenvalue weighted by atomic mass is 35.5. The molecule has 1 atom stereocenters. The summed E-state index contributed by atoms with van der Waals surface area (Å²) in [6, 6.07) is 6.72. The fourth-order valence-electron chi connectivity index (χ4n) is 2.53. The fourth-order valence-corrected chi connectivity index (χ4v) is 4.05. The van der Waals surface area contributed by atoms with Crippen LogP contribution >= 0.6 is 47.8 Å². The topological polar surface area (TPSA) is 63.8 Å². The molecule has 0 aliphatic heterocycles. The van der Waals surface area contributed by atoms with Crippen LogP contribution in [0.15, 0.2) is 24.3 Å². The van der Waals surface area contributed by atoms with E-state index in [-0.39, 0.29) is 42.0 Å². The van der Waals surface area contributed by atoms with Crippen LogP contribution in [0.25, 0.3) is 10.2 Å². The standard InChI is InChI=1S/C17H18ClFN4S.2ClH/c1-9(20)7-13-10(2)14-15(24-13)16(23-17(18)22-14)21-8-11-5-3-4-6-12(11)19;;/h3-6,9H,7-8,20H2,1-2H3,(H,21,22,23);2*1H. The van der Waals surface area contributed by atoms with Gasteiger partial charge in [0.25, 0.3) is 0 Å². The minimum Gasteiger partial charge on any atom is -0.365 e. The van der Waals surface area contributed by atoms with Gasteiger partial charge in [0.05, 0.1) is 10.2 Å². The van der Waals surface area contributed by atoms with Crippen molar-refractivity contribution < 1.29 is 4.39 Å². The van der Waals surface area contributed by atoms with Crippen LogP contribution in [0.1, 0.15) is 22.9 Å². The summed E-state index contributed by atoms with van der Waals surface area (Å²) in [4.78, 5) is 9.80. The Morgan fingerprint density at radius 1 is 1.27 bits per heavy atom. The van der Waals surface area contributed by atoms with Gasteiger partial charge >= 0.3 is 0 Å². The minimum atomic E-state index is -0.249. The number of thiophene rings is 1. The van der Waals surface area contributed by atoms with E-state index in [1.165, 1.54) is 10.9 Å². The van der Waals surface area contributed by atoms with Crippen molar-refractivity contribution in [3.05, 3.63) is 51.4 Å². The highest BCUT2D eigenvalue weighted by molar-refractivity contribution is 7.19. The van der Waals surface area contributed by atoms with Crippen LogP contribution in [-0.2, 0) is 13.0 Å². The van der Waals surface area contributed by atoms with Crippen LogP contribution in [0.5, 0.6) is 0 Å². The molecule has 0 radical (unpaired) electrons. The van der Waals surface area contributed by atoms with E-state index in [0.29, 0.717) is 17.9 Å². The summed E-state index contributed by atoms with van der Waals surface area (Å²) in [5, 5.41) is 3.36. The zero-order valence-electron chi connectivity index (χ0n) is 14.3. The molecule has 0 aliphatic carbocycles. The van der Waals surface area contributed by atoms with Crippen LogP contribution in [-0.4, -0.2) is 16.0 Å². The second-order valence-corrected chi connectivity index (χ2v) is 7.24. The van der Waals surface area contributed by atoms with E-state index in [4.69, 9.17) is 17.3 Å². The second kappa shape index (κ2) is 9.67. The molecule has 26 heavy (non-hydrogen) atoms. The largest absolute Gasteiger partial charge is 0.365 e. The molecular formula is C17H20Cl3FN4S. The van der Waals surface area contributed by atoms with Gasteiger partial charge in [0.2, 0.25) is 5.28 Å². The van der Waals surface area contributed by atoms with Gasteiger partial charge in [-0.15, -0.1) is 36.2 Å². The van der Waals surface area contributed by atoms with E-state index in [2.05, 4.69) is 15.3 Å². The lowest BCUT2D eigenvalue weighted by molar-refractivity contribution is 0.613. The van der Waals surface area contributed by atoms with Crippen molar-refractivity contribution in [1.82, 2.24) is 9.97 Å². The number of benzene rings is 1. The summed E-state index contributed by atoms with van der Waals surface area (Å²) in [5.41, 5.74) is 8.40. The monoisotopic (exact) mass is 436 g/mol. The molecule has 3 rings (SSSR count). The third-order valence-electron chi connectivity index (χ3n) is 3.75. The van der Waals surface area contributed by atoms with Gasteiger partial charge in [-0.1, -0.05) is 18.2 Å². The molecule has 9 heteroatoms. The number of hydrogen-bond donors (Lipinski definition) is 2. The van der Waals surface area contributed by atoms with Crippen molar-refractivity contribution in [3.63, 3.8) is 0 Å². The summed E-state index contributed by atoms with van der Waals surface area (Å²) in [6.45, 7) is 4.31. The average Bonchev–Trinajstić information content (AvgIpc) is 2.82. The number of aromatic nitrogens is 2.